The highest BCUT2D eigenvalue weighted by atomic mass is 16.3. The number of fused-ring (bicyclic) bond motifs is 5. The first-order valence-electron chi connectivity index (χ1n) is 9.72. The molecule has 3 fully saturated rings. The van der Waals surface area contributed by atoms with Crippen molar-refractivity contribution < 1.29 is 10.2 Å². The molecular formula is C21H32O2. The molecule has 0 spiro atoms. The molecule has 23 heavy (non-hydrogen) atoms. The average Bonchev–Trinajstić information content (AvgIpc) is 2.82. The van der Waals surface area contributed by atoms with Crippen molar-refractivity contribution >= 4 is 0 Å². The van der Waals surface area contributed by atoms with Gasteiger partial charge in [0.1, 0.15) is 0 Å². The van der Waals surface area contributed by atoms with E-state index in [1.54, 1.807) is 5.57 Å². The van der Waals surface area contributed by atoms with Crippen LogP contribution >= 0.6 is 0 Å². The number of aliphatic hydroxyl groups excluding tert-OH is 2. The highest BCUT2D eigenvalue weighted by Crippen LogP contribution is 2.62. The fourth-order valence-electron chi connectivity index (χ4n) is 7.00. The SMILES string of the molecule is C=CCC1C[C@H](O)C=C2CC[C@@H]3[C@H](CC[C@]4(C)[C@@H](O)CC[C@@H]34)[C@H]21. The smallest absolute Gasteiger partial charge is 0.0726 e. The summed E-state index contributed by atoms with van der Waals surface area (Å²) < 4.78 is 0. The Balaban J connectivity index is 1.64. The molecular weight excluding hydrogens is 284 g/mol. The molecule has 0 aromatic carbocycles. The van der Waals surface area contributed by atoms with Crippen LogP contribution in [0.4, 0.5) is 0 Å². The number of hydrogen-bond donors (Lipinski definition) is 2. The van der Waals surface area contributed by atoms with Gasteiger partial charge in [0.25, 0.3) is 0 Å². The Bertz CT molecular complexity index is 510. The van der Waals surface area contributed by atoms with E-state index in [4.69, 9.17) is 0 Å². The van der Waals surface area contributed by atoms with E-state index < -0.39 is 0 Å². The van der Waals surface area contributed by atoms with Gasteiger partial charge in [0.05, 0.1) is 12.2 Å². The maximum absolute atomic E-state index is 10.5. The molecule has 2 nitrogen and oxygen atoms in total. The third-order valence-electron chi connectivity index (χ3n) is 8.03. The average molecular weight is 316 g/mol. The topological polar surface area (TPSA) is 40.5 Å². The summed E-state index contributed by atoms with van der Waals surface area (Å²) in [5, 5.41) is 20.7. The van der Waals surface area contributed by atoms with Gasteiger partial charge in [0, 0.05) is 0 Å². The third kappa shape index (κ3) is 2.36. The Morgan fingerprint density at radius 3 is 2.83 bits per heavy atom. The standard InChI is InChI=1S/C21H32O2/c1-3-4-13-11-15(22)12-14-5-6-16-17(20(13)14)9-10-21(2)18(16)7-8-19(21)23/h3,12-13,15-20,22-23H,1,4-11H2,2H3/t13?,15-,16+,17-,18-,19-,20-,21-/m0/s1. The minimum Gasteiger partial charge on any atom is -0.393 e. The molecule has 1 unspecified atom stereocenters. The third-order valence-corrected chi connectivity index (χ3v) is 8.03. The van der Waals surface area contributed by atoms with Crippen LogP contribution in [0.15, 0.2) is 24.3 Å². The van der Waals surface area contributed by atoms with Crippen LogP contribution in [0.2, 0.25) is 0 Å². The van der Waals surface area contributed by atoms with E-state index in [1.807, 2.05) is 0 Å². The van der Waals surface area contributed by atoms with E-state index in [0.717, 1.165) is 31.1 Å². The van der Waals surface area contributed by atoms with E-state index in [2.05, 4.69) is 25.7 Å². The molecule has 2 heteroatoms. The lowest BCUT2D eigenvalue weighted by Gasteiger charge is -2.55. The summed E-state index contributed by atoms with van der Waals surface area (Å²) in [6.07, 6.45) is 13.0. The summed E-state index contributed by atoms with van der Waals surface area (Å²) >= 11 is 0. The summed E-state index contributed by atoms with van der Waals surface area (Å²) in [6.45, 7) is 6.31. The van der Waals surface area contributed by atoms with Crippen molar-refractivity contribution in [1.82, 2.24) is 0 Å². The molecule has 0 aromatic rings. The first-order chi connectivity index (χ1) is 11.0. The van der Waals surface area contributed by atoms with Crippen LogP contribution < -0.4 is 0 Å². The summed E-state index contributed by atoms with van der Waals surface area (Å²) in [5.41, 5.74) is 1.71. The second-order valence-corrected chi connectivity index (χ2v) is 8.97. The van der Waals surface area contributed by atoms with Gasteiger partial charge in [-0.05, 0) is 86.4 Å². The Morgan fingerprint density at radius 2 is 2.04 bits per heavy atom. The van der Waals surface area contributed by atoms with Crippen molar-refractivity contribution in [2.45, 2.75) is 70.5 Å². The van der Waals surface area contributed by atoms with Crippen LogP contribution in [0.5, 0.6) is 0 Å². The van der Waals surface area contributed by atoms with Crippen LogP contribution in [0.1, 0.15) is 58.3 Å². The molecule has 0 aliphatic heterocycles. The summed E-state index contributed by atoms with van der Waals surface area (Å²) in [7, 11) is 0. The van der Waals surface area contributed by atoms with Gasteiger partial charge >= 0.3 is 0 Å². The number of hydrogen-bond acceptors (Lipinski definition) is 2. The van der Waals surface area contributed by atoms with Crippen molar-refractivity contribution in [3.05, 3.63) is 24.3 Å². The zero-order valence-electron chi connectivity index (χ0n) is 14.5. The van der Waals surface area contributed by atoms with Crippen LogP contribution in [0.25, 0.3) is 0 Å². The molecule has 0 bridgehead atoms. The highest BCUT2D eigenvalue weighted by Gasteiger charge is 2.56. The first-order valence-corrected chi connectivity index (χ1v) is 9.72. The largest absolute Gasteiger partial charge is 0.393 e. The molecule has 4 aliphatic rings. The second-order valence-electron chi connectivity index (χ2n) is 8.97. The molecule has 0 aromatic heterocycles. The van der Waals surface area contributed by atoms with E-state index in [1.165, 1.54) is 32.1 Å². The van der Waals surface area contributed by atoms with Crippen molar-refractivity contribution in [2.24, 2.45) is 35.0 Å². The van der Waals surface area contributed by atoms with Crippen molar-refractivity contribution in [1.29, 1.82) is 0 Å². The number of allylic oxidation sites excluding steroid dienone is 2. The molecule has 128 valence electrons. The molecule has 0 saturated heterocycles. The lowest BCUT2D eigenvalue weighted by atomic mass is 9.50. The molecule has 0 radical (unpaired) electrons. The van der Waals surface area contributed by atoms with Gasteiger partial charge in [-0.3, -0.25) is 0 Å². The maximum atomic E-state index is 10.5. The van der Waals surface area contributed by atoms with E-state index in [-0.39, 0.29) is 17.6 Å². The lowest BCUT2D eigenvalue weighted by molar-refractivity contribution is -0.0626. The predicted octanol–water partition coefficient (Wildman–Crippen LogP) is 4.08. The monoisotopic (exact) mass is 316 g/mol. The second kappa shape index (κ2) is 5.74. The van der Waals surface area contributed by atoms with Crippen LogP contribution in [0, 0.1) is 35.0 Å². The van der Waals surface area contributed by atoms with Crippen LogP contribution in [-0.4, -0.2) is 22.4 Å². The minimum atomic E-state index is -0.245. The van der Waals surface area contributed by atoms with Gasteiger partial charge in [-0.1, -0.05) is 24.6 Å². The molecule has 4 rings (SSSR count). The van der Waals surface area contributed by atoms with E-state index >= 15 is 0 Å². The molecule has 0 heterocycles. The predicted molar refractivity (Wildman–Crippen MR) is 92.8 cm³/mol. The molecule has 2 N–H and O–H groups in total. The summed E-state index contributed by atoms with van der Waals surface area (Å²) in [5.74, 6) is 3.52. The van der Waals surface area contributed by atoms with E-state index in [0.29, 0.717) is 17.8 Å². The lowest BCUT2D eigenvalue weighted by Crippen LogP contribution is -2.49. The molecule has 3 saturated carbocycles. The van der Waals surface area contributed by atoms with E-state index in [9.17, 15) is 10.2 Å². The first kappa shape index (κ1) is 15.9. The Morgan fingerprint density at radius 1 is 1.22 bits per heavy atom. The van der Waals surface area contributed by atoms with Crippen molar-refractivity contribution in [2.75, 3.05) is 0 Å². The van der Waals surface area contributed by atoms with Gasteiger partial charge in [-0.25, -0.2) is 0 Å². The summed E-state index contributed by atoms with van der Waals surface area (Å²) in [6, 6.07) is 0. The quantitative estimate of drug-likeness (QED) is 0.754. The fourth-order valence-corrected chi connectivity index (χ4v) is 7.00. The maximum Gasteiger partial charge on any atom is 0.0726 e. The van der Waals surface area contributed by atoms with Gasteiger partial charge < -0.3 is 10.2 Å². The minimum absolute atomic E-state index is 0.0810. The fraction of sp³-hybridized carbons (Fsp3) is 0.810. The van der Waals surface area contributed by atoms with Crippen molar-refractivity contribution in [3.8, 4) is 0 Å². The van der Waals surface area contributed by atoms with Gasteiger partial charge in [0.2, 0.25) is 0 Å². The van der Waals surface area contributed by atoms with Gasteiger partial charge in [0.15, 0.2) is 0 Å². The van der Waals surface area contributed by atoms with Gasteiger partial charge in [-0.2, -0.15) is 0 Å². The molecule has 4 aliphatic carbocycles. The summed E-state index contributed by atoms with van der Waals surface area (Å²) in [4.78, 5) is 0. The molecule has 0 amide bonds. The molecule has 8 atom stereocenters. The van der Waals surface area contributed by atoms with Crippen LogP contribution in [-0.2, 0) is 0 Å². The zero-order valence-corrected chi connectivity index (χ0v) is 14.5. The van der Waals surface area contributed by atoms with Gasteiger partial charge in [-0.15, -0.1) is 6.58 Å². The highest BCUT2D eigenvalue weighted by molar-refractivity contribution is 5.22. The normalized spacial score (nSPS) is 52.1. The number of aliphatic hydroxyl groups is 2. The van der Waals surface area contributed by atoms with Crippen molar-refractivity contribution in [3.63, 3.8) is 0 Å². The zero-order chi connectivity index (χ0) is 16.2. The number of rotatable bonds is 2. The Hall–Kier alpha value is -0.600. The van der Waals surface area contributed by atoms with Crippen LogP contribution in [0.3, 0.4) is 0 Å². The Kier molecular flexibility index (Phi) is 3.97. The Labute approximate surface area is 140 Å².